The summed E-state index contributed by atoms with van der Waals surface area (Å²) in [6, 6.07) is 22.3. The van der Waals surface area contributed by atoms with Gasteiger partial charge in [-0.05, 0) is 41.5 Å². The number of aliphatic imine (C=N–C) groups is 1. The summed E-state index contributed by atoms with van der Waals surface area (Å²) in [4.78, 5) is 8.70. The lowest BCUT2D eigenvalue weighted by molar-refractivity contribution is 0.414. The van der Waals surface area contributed by atoms with Gasteiger partial charge in [-0.2, -0.15) is 0 Å². The van der Waals surface area contributed by atoms with E-state index in [1.54, 1.807) is 14.2 Å². The standard InChI is InChI=1S/C22H24N4O/c1-23-22(25-15-17-9-11-20(27-2)12-10-17)26-16-18-6-5-7-19(14-18)21-8-3-4-13-24-21/h3-14H,15-16H2,1-2H3,(H2,23,25,26). The Bertz CT molecular complexity index is 876. The maximum atomic E-state index is 5.18. The van der Waals surface area contributed by atoms with E-state index in [2.05, 4.69) is 44.9 Å². The van der Waals surface area contributed by atoms with E-state index in [-0.39, 0.29) is 0 Å². The van der Waals surface area contributed by atoms with Gasteiger partial charge in [-0.1, -0.05) is 36.4 Å². The molecule has 1 heterocycles. The van der Waals surface area contributed by atoms with Crippen LogP contribution in [0, 0.1) is 0 Å². The molecule has 0 unspecified atom stereocenters. The van der Waals surface area contributed by atoms with E-state index in [1.165, 1.54) is 5.56 Å². The highest BCUT2D eigenvalue weighted by molar-refractivity contribution is 5.79. The van der Waals surface area contributed by atoms with E-state index in [0.717, 1.165) is 28.5 Å². The van der Waals surface area contributed by atoms with Crippen LogP contribution in [-0.2, 0) is 13.1 Å². The monoisotopic (exact) mass is 360 g/mol. The van der Waals surface area contributed by atoms with E-state index in [4.69, 9.17) is 4.74 Å². The molecule has 2 N–H and O–H groups in total. The van der Waals surface area contributed by atoms with Gasteiger partial charge in [-0.25, -0.2) is 0 Å². The number of hydrogen-bond donors (Lipinski definition) is 2. The van der Waals surface area contributed by atoms with E-state index < -0.39 is 0 Å². The van der Waals surface area contributed by atoms with Crippen LogP contribution in [0.4, 0.5) is 0 Å². The highest BCUT2D eigenvalue weighted by Crippen LogP contribution is 2.17. The van der Waals surface area contributed by atoms with Crippen molar-refractivity contribution in [2.24, 2.45) is 4.99 Å². The van der Waals surface area contributed by atoms with Crippen LogP contribution in [0.25, 0.3) is 11.3 Å². The van der Waals surface area contributed by atoms with Gasteiger partial charge < -0.3 is 15.4 Å². The van der Waals surface area contributed by atoms with Crippen LogP contribution in [-0.4, -0.2) is 25.1 Å². The molecule has 0 spiro atoms. The van der Waals surface area contributed by atoms with Gasteiger partial charge in [0.25, 0.3) is 0 Å². The first-order chi connectivity index (χ1) is 13.3. The molecule has 0 fully saturated rings. The maximum absolute atomic E-state index is 5.18. The summed E-state index contributed by atoms with van der Waals surface area (Å²) < 4.78 is 5.18. The third kappa shape index (κ3) is 5.31. The minimum Gasteiger partial charge on any atom is -0.497 e. The zero-order valence-corrected chi connectivity index (χ0v) is 15.6. The van der Waals surface area contributed by atoms with Crippen molar-refractivity contribution in [1.29, 1.82) is 0 Å². The van der Waals surface area contributed by atoms with Crippen molar-refractivity contribution in [2.75, 3.05) is 14.2 Å². The molecule has 2 aromatic carbocycles. The van der Waals surface area contributed by atoms with Gasteiger partial charge in [-0.3, -0.25) is 9.98 Å². The first-order valence-corrected chi connectivity index (χ1v) is 8.86. The Balaban J connectivity index is 1.56. The summed E-state index contributed by atoms with van der Waals surface area (Å²) in [5, 5.41) is 6.68. The number of ether oxygens (including phenoxy) is 1. The van der Waals surface area contributed by atoms with Crippen molar-refractivity contribution in [3.05, 3.63) is 84.1 Å². The fourth-order valence-electron chi connectivity index (χ4n) is 2.71. The molecular formula is C22H24N4O. The number of methoxy groups -OCH3 is 1. The SMILES string of the molecule is CN=C(NCc1ccc(OC)cc1)NCc1cccc(-c2ccccn2)c1. The predicted molar refractivity (Wildman–Crippen MR) is 110 cm³/mol. The average Bonchev–Trinajstić information content (AvgIpc) is 2.75. The second-order valence-electron chi connectivity index (χ2n) is 6.04. The van der Waals surface area contributed by atoms with Crippen LogP contribution in [0.5, 0.6) is 5.75 Å². The number of pyridine rings is 1. The molecule has 0 aliphatic carbocycles. The van der Waals surface area contributed by atoms with Gasteiger partial charge in [0.1, 0.15) is 5.75 Å². The van der Waals surface area contributed by atoms with Gasteiger partial charge in [0.05, 0.1) is 12.8 Å². The van der Waals surface area contributed by atoms with Crippen LogP contribution >= 0.6 is 0 Å². The Morgan fingerprint density at radius 3 is 2.37 bits per heavy atom. The zero-order valence-electron chi connectivity index (χ0n) is 15.6. The third-order valence-corrected chi connectivity index (χ3v) is 4.19. The van der Waals surface area contributed by atoms with Crippen molar-refractivity contribution in [1.82, 2.24) is 15.6 Å². The summed E-state index contributed by atoms with van der Waals surface area (Å²) >= 11 is 0. The second-order valence-corrected chi connectivity index (χ2v) is 6.04. The third-order valence-electron chi connectivity index (χ3n) is 4.19. The van der Waals surface area contributed by atoms with Gasteiger partial charge in [0.15, 0.2) is 5.96 Å². The molecular weight excluding hydrogens is 336 g/mol. The number of aromatic nitrogens is 1. The second kappa shape index (κ2) is 9.38. The van der Waals surface area contributed by atoms with Gasteiger partial charge in [0.2, 0.25) is 0 Å². The smallest absolute Gasteiger partial charge is 0.191 e. The molecule has 0 atom stereocenters. The van der Waals surface area contributed by atoms with Crippen LogP contribution in [0.1, 0.15) is 11.1 Å². The Labute approximate surface area is 160 Å². The fraction of sp³-hybridized carbons (Fsp3) is 0.182. The minimum atomic E-state index is 0.683. The molecule has 0 saturated carbocycles. The molecule has 1 aromatic heterocycles. The van der Waals surface area contributed by atoms with E-state index in [0.29, 0.717) is 13.1 Å². The van der Waals surface area contributed by atoms with Gasteiger partial charge in [0, 0.05) is 31.9 Å². The normalized spacial score (nSPS) is 11.1. The number of hydrogen-bond acceptors (Lipinski definition) is 3. The zero-order chi connectivity index (χ0) is 18.9. The van der Waals surface area contributed by atoms with Crippen molar-refractivity contribution in [3.8, 4) is 17.0 Å². The first-order valence-electron chi connectivity index (χ1n) is 8.86. The molecule has 0 amide bonds. The van der Waals surface area contributed by atoms with Gasteiger partial charge >= 0.3 is 0 Å². The largest absolute Gasteiger partial charge is 0.497 e. The Morgan fingerprint density at radius 1 is 0.926 bits per heavy atom. The number of benzene rings is 2. The van der Waals surface area contributed by atoms with Crippen LogP contribution in [0.2, 0.25) is 0 Å². The average molecular weight is 360 g/mol. The molecule has 5 heteroatoms. The molecule has 0 aliphatic heterocycles. The van der Waals surface area contributed by atoms with Crippen molar-refractivity contribution in [2.45, 2.75) is 13.1 Å². The Kier molecular flexibility index (Phi) is 6.41. The lowest BCUT2D eigenvalue weighted by Crippen LogP contribution is -2.36. The van der Waals surface area contributed by atoms with Crippen molar-refractivity contribution >= 4 is 5.96 Å². The summed E-state index contributed by atoms with van der Waals surface area (Å²) in [5.74, 6) is 1.61. The molecule has 27 heavy (non-hydrogen) atoms. The molecule has 0 radical (unpaired) electrons. The fourth-order valence-corrected chi connectivity index (χ4v) is 2.71. The maximum Gasteiger partial charge on any atom is 0.191 e. The molecule has 0 aliphatic rings. The summed E-state index contributed by atoms with van der Waals surface area (Å²) in [7, 11) is 3.44. The molecule has 0 bridgehead atoms. The molecule has 5 nitrogen and oxygen atoms in total. The number of nitrogens with one attached hydrogen (secondary N) is 2. The number of nitrogens with zero attached hydrogens (tertiary/aromatic N) is 2. The quantitative estimate of drug-likeness (QED) is 0.521. The van der Waals surface area contributed by atoms with E-state index in [1.807, 2.05) is 48.7 Å². The summed E-state index contributed by atoms with van der Waals surface area (Å²) in [5.41, 5.74) is 4.42. The predicted octanol–water partition coefficient (Wildman–Crippen LogP) is 3.62. The molecule has 3 aromatic rings. The summed E-state index contributed by atoms with van der Waals surface area (Å²) in [6.07, 6.45) is 1.81. The van der Waals surface area contributed by atoms with E-state index in [9.17, 15) is 0 Å². The minimum absolute atomic E-state index is 0.683. The number of rotatable bonds is 6. The van der Waals surface area contributed by atoms with Crippen molar-refractivity contribution in [3.63, 3.8) is 0 Å². The van der Waals surface area contributed by atoms with Crippen molar-refractivity contribution < 1.29 is 4.74 Å². The Hall–Kier alpha value is -3.34. The van der Waals surface area contributed by atoms with Crippen LogP contribution in [0.15, 0.2) is 77.9 Å². The molecule has 3 rings (SSSR count). The lowest BCUT2D eigenvalue weighted by Gasteiger charge is -2.13. The van der Waals surface area contributed by atoms with Gasteiger partial charge in [-0.15, -0.1) is 0 Å². The molecule has 138 valence electrons. The van der Waals surface area contributed by atoms with E-state index >= 15 is 0 Å². The first kappa shape index (κ1) is 18.5. The highest BCUT2D eigenvalue weighted by Gasteiger charge is 2.02. The number of guanidine groups is 1. The highest BCUT2D eigenvalue weighted by atomic mass is 16.5. The van der Waals surface area contributed by atoms with Crippen LogP contribution < -0.4 is 15.4 Å². The molecule has 0 saturated heterocycles. The topological polar surface area (TPSA) is 58.5 Å². The lowest BCUT2D eigenvalue weighted by atomic mass is 10.1. The van der Waals surface area contributed by atoms with Crippen LogP contribution in [0.3, 0.4) is 0 Å². The Morgan fingerprint density at radius 2 is 1.70 bits per heavy atom. The summed E-state index contributed by atoms with van der Waals surface area (Å²) in [6.45, 7) is 1.38.